The number of hydrogen-bond donors (Lipinski definition) is 2. The van der Waals surface area contributed by atoms with Gasteiger partial charge >= 0.3 is 5.97 Å². The normalized spacial score (nSPS) is 12.9. The van der Waals surface area contributed by atoms with Crippen molar-refractivity contribution in [2.24, 2.45) is 5.92 Å². The maximum Gasteiger partial charge on any atom is 0.331 e. The van der Waals surface area contributed by atoms with E-state index >= 15 is 0 Å². The molecule has 1 aromatic carbocycles. The molecule has 3 amide bonds. The summed E-state index contributed by atoms with van der Waals surface area (Å²) < 4.78 is 10.7. The van der Waals surface area contributed by atoms with Crippen LogP contribution in [0.3, 0.4) is 0 Å². The number of thioether (sulfide) groups is 1. The molecule has 2 unspecified atom stereocenters. The fourth-order valence-electron chi connectivity index (χ4n) is 2.85. The fourth-order valence-corrected chi connectivity index (χ4v) is 3.64. The second-order valence-electron chi connectivity index (χ2n) is 9.31. The Morgan fingerprint density at radius 2 is 1.67 bits per heavy atom. The number of likely N-dealkylation sites (N-methyl/N-ethyl adjacent to an activating group) is 1. The van der Waals surface area contributed by atoms with Crippen molar-refractivity contribution in [1.82, 2.24) is 15.5 Å². The van der Waals surface area contributed by atoms with Crippen LogP contribution in [0.4, 0.5) is 0 Å². The molecule has 0 saturated carbocycles. The van der Waals surface area contributed by atoms with E-state index in [0.717, 1.165) is 17.3 Å². The van der Waals surface area contributed by atoms with Gasteiger partial charge in [-0.15, -0.1) is 0 Å². The third-order valence-electron chi connectivity index (χ3n) is 4.98. The molecule has 0 heterocycles. The number of carbonyl (C=O) groups excluding carboxylic acids is 5. The number of esters is 1. The SMILES string of the molecule is CC(=O)SC(C(=O)NC(C)(C)C(=O)NC(COCc1ccccc1)C(=O)OCC(=O)N(C)C)C(C)C. The van der Waals surface area contributed by atoms with Crippen LogP contribution in [0.15, 0.2) is 30.3 Å². The minimum absolute atomic E-state index is 0.152. The van der Waals surface area contributed by atoms with Gasteiger partial charge < -0.3 is 25.0 Å². The second kappa shape index (κ2) is 14.6. The zero-order chi connectivity index (χ0) is 27.5. The molecule has 1 aromatic rings. The van der Waals surface area contributed by atoms with Crippen LogP contribution >= 0.6 is 11.8 Å². The Morgan fingerprint density at radius 3 is 2.19 bits per heavy atom. The molecule has 0 aliphatic rings. The number of rotatable bonds is 13. The van der Waals surface area contributed by atoms with Crippen LogP contribution in [0.2, 0.25) is 0 Å². The van der Waals surface area contributed by atoms with Gasteiger partial charge in [0, 0.05) is 21.0 Å². The molecule has 0 aromatic heterocycles. The van der Waals surface area contributed by atoms with Crippen LogP contribution in [0.5, 0.6) is 0 Å². The van der Waals surface area contributed by atoms with Crippen LogP contribution in [0.1, 0.15) is 40.2 Å². The lowest BCUT2D eigenvalue weighted by atomic mass is 10.0. The maximum atomic E-state index is 13.1. The van der Waals surface area contributed by atoms with Crippen molar-refractivity contribution < 1.29 is 33.4 Å². The minimum Gasteiger partial charge on any atom is -0.454 e. The van der Waals surface area contributed by atoms with E-state index < -0.39 is 47.1 Å². The van der Waals surface area contributed by atoms with Crippen LogP contribution < -0.4 is 10.6 Å². The summed E-state index contributed by atoms with van der Waals surface area (Å²) in [7, 11) is 3.05. The first-order chi connectivity index (χ1) is 16.7. The molecule has 0 radical (unpaired) electrons. The van der Waals surface area contributed by atoms with Crippen LogP contribution in [0, 0.1) is 5.92 Å². The van der Waals surface area contributed by atoms with E-state index in [-0.39, 0.29) is 24.2 Å². The predicted molar refractivity (Wildman–Crippen MR) is 137 cm³/mol. The molecule has 2 N–H and O–H groups in total. The number of nitrogens with one attached hydrogen (secondary N) is 2. The molecule has 2 atom stereocenters. The van der Waals surface area contributed by atoms with Gasteiger partial charge in [0.15, 0.2) is 17.8 Å². The summed E-state index contributed by atoms with van der Waals surface area (Å²) in [4.78, 5) is 63.2. The molecule has 0 aliphatic heterocycles. The Balaban J connectivity index is 2.92. The summed E-state index contributed by atoms with van der Waals surface area (Å²) in [5, 5.41) is 4.32. The third kappa shape index (κ3) is 10.8. The molecule has 0 spiro atoms. The van der Waals surface area contributed by atoms with E-state index in [1.165, 1.54) is 39.8 Å². The third-order valence-corrected chi connectivity index (χ3v) is 6.33. The molecule has 10 nitrogen and oxygen atoms in total. The summed E-state index contributed by atoms with van der Waals surface area (Å²) >= 11 is 0.895. The molecule has 200 valence electrons. The molecule has 0 aliphatic carbocycles. The van der Waals surface area contributed by atoms with E-state index in [0.29, 0.717) is 0 Å². The topological polar surface area (TPSA) is 131 Å². The first-order valence-corrected chi connectivity index (χ1v) is 12.4. The van der Waals surface area contributed by atoms with Crippen molar-refractivity contribution in [2.45, 2.75) is 58.1 Å². The van der Waals surface area contributed by atoms with Gasteiger partial charge in [-0.05, 0) is 25.3 Å². The lowest BCUT2D eigenvalue weighted by molar-refractivity contribution is -0.155. The van der Waals surface area contributed by atoms with Gasteiger partial charge in [0.1, 0.15) is 5.54 Å². The lowest BCUT2D eigenvalue weighted by Gasteiger charge is -2.30. The van der Waals surface area contributed by atoms with Gasteiger partial charge in [-0.2, -0.15) is 0 Å². The highest BCUT2D eigenvalue weighted by molar-refractivity contribution is 8.14. The Morgan fingerprint density at radius 1 is 1.06 bits per heavy atom. The highest BCUT2D eigenvalue weighted by Gasteiger charge is 2.36. The average Bonchev–Trinajstić information content (AvgIpc) is 2.79. The number of benzene rings is 1. The number of nitrogens with zero attached hydrogens (tertiary/aromatic N) is 1. The zero-order valence-corrected chi connectivity index (χ0v) is 22.8. The number of ether oxygens (including phenoxy) is 2. The van der Waals surface area contributed by atoms with Crippen molar-refractivity contribution in [2.75, 3.05) is 27.3 Å². The zero-order valence-electron chi connectivity index (χ0n) is 22.0. The van der Waals surface area contributed by atoms with Gasteiger partial charge in [0.2, 0.25) is 11.8 Å². The van der Waals surface area contributed by atoms with E-state index in [1.807, 2.05) is 30.3 Å². The Bertz CT molecular complexity index is 919. The first kappa shape index (κ1) is 31.1. The quantitative estimate of drug-likeness (QED) is 0.372. The number of hydrogen-bond acceptors (Lipinski definition) is 8. The van der Waals surface area contributed by atoms with Crippen molar-refractivity contribution >= 4 is 40.6 Å². The molecule has 0 saturated heterocycles. The van der Waals surface area contributed by atoms with Gasteiger partial charge in [0.05, 0.1) is 18.5 Å². The Labute approximate surface area is 216 Å². The summed E-state index contributed by atoms with van der Waals surface area (Å²) in [5.74, 6) is -2.55. The van der Waals surface area contributed by atoms with E-state index in [2.05, 4.69) is 10.6 Å². The molecular formula is C25H37N3O7S. The average molecular weight is 524 g/mol. The van der Waals surface area contributed by atoms with Gasteiger partial charge in [-0.25, -0.2) is 4.79 Å². The van der Waals surface area contributed by atoms with Gasteiger partial charge in [0.25, 0.3) is 5.91 Å². The van der Waals surface area contributed by atoms with Crippen molar-refractivity contribution in [3.63, 3.8) is 0 Å². The highest BCUT2D eigenvalue weighted by atomic mass is 32.2. The largest absolute Gasteiger partial charge is 0.454 e. The molecule has 0 bridgehead atoms. The van der Waals surface area contributed by atoms with E-state index in [1.54, 1.807) is 13.8 Å². The maximum absolute atomic E-state index is 13.1. The fraction of sp³-hybridized carbons (Fsp3) is 0.560. The number of amides is 3. The standard InChI is InChI=1S/C25H37N3O7S/c1-16(2)21(36-17(3)29)22(31)27-25(4,5)24(33)26-19(23(32)35-15-20(30)28(6)7)14-34-13-18-11-9-8-10-12-18/h8-12,16,19,21H,13-15H2,1-7H3,(H,26,33)(H,27,31). The lowest BCUT2D eigenvalue weighted by Crippen LogP contribution is -2.60. The van der Waals surface area contributed by atoms with Crippen LogP contribution in [-0.2, 0) is 40.1 Å². The molecule has 36 heavy (non-hydrogen) atoms. The Kier molecular flexibility index (Phi) is 12.6. The van der Waals surface area contributed by atoms with Crippen molar-refractivity contribution in [3.8, 4) is 0 Å². The van der Waals surface area contributed by atoms with Crippen LogP contribution in [0.25, 0.3) is 0 Å². The van der Waals surface area contributed by atoms with E-state index in [4.69, 9.17) is 9.47 Å². The van der Waals surface area contributed by atoms with Crippen LogP contribution in [-0.4, -0.2) is 77.8 Å². The summed E-state index contributed by atoms with van der Waals surface area (Å²) in [6.07, 6.45) is 0. The molecule has 0 fully saturated rings. The summed E-state index contributed by atoms with van der Waals surface area (Å²) in [6, 6.07) is 8.04. The monoisotopic (exact) mass is 523 g/mol. The van der Waals surface area contributed by atoms with E-state index in [9.17, 15) is 24.0 Å². The first-order valence-electron chi connectivity index (χ1n) is 11.5. The molecule has 11 heteroatoms. The molecule has 1 rings (SSSR count). The van der Waals surface area contributed by atoms with Crippen molar-refractivity contribution in [1.29, 1.82) is 0 Å². The second-order valence-corrected chi connectivity index (χ2v) is 10.6. The summed E-state index contributed by atoms with van der Waals surface area (Å²) in [6.45, 7) is 7.44. The highest BCUT2D eigenvalue weighted by Crippen LogP contribution is 2.21. The summed E-state index contributed by atoms with van der Waals surface area (Å²) in [5.41, 5.74) is -0.548. The van der Waals surface area contributed by atoms with Gasteiger partial charge in [-0.3, -0.25) is 19.2 Å². The van der Waals surface area contributed by atoms with Gasteiger partial charge in [-0.1, -0.05) is 55.9 Å². The molecular weight excluding hydrogens is 486 g/mol. The number of carbonyl (C=O) groups is 5. The smallest absolute Gasteiger partial charge is 0.331 e. The van der Waals surface area contributed by atoms with Crippen molar-refractivity contribution in [3.05, 3.63) is 35.9 Å². The predicted octanol–water partition coefficient (Wildman–Crippen LogP) is 1.52. The minimum atomic E-state index is -1.42. The Hall–Kier alpha value is -2.92.